The van der Waals surface area contributed by atoms with Crippen LogP contribution >= 0.6 is 0 Å². The second-order valence-electron chi connectivity index (χ2n) is 9.97. The molecule has 0 bridgehead atoms. The van der Waals surface area contributed by atoms with Gasteiger partial charge in [0.1, 0.15) is 18.2 Å². The minimum atomic E-state index is -1.10. The Balaban J connectivity index is 1.35. The van der Waals surface area contributed by atoms with Gasteiger partial charge in [0.25, 0.3) is 0 Å². The molecule has 0 spiro atoms. The molecule has 6 rings (SSSR count). The summed E-state index contributed by atoms with van der Waals surface area (Å²) >= 11 is 0. The molecule has 1 atom stereocenters. The summed E-state index contributed by atoms with van der Waals surface area (Å²) in [6.07, 6.45) is 4.36. The summed E-state index contributed by atoms with van der Waals surface area (Å²) < 4.78 is 22.6. The minimum Gasteiger partial charge on any atom is -0.477 e. The molecular weight excluding hydrogens is 475 g/mol. The van der Waals surface area contributed by atoms with Crippen molar-refractivity contribution in [2.75, 3.05) is 25.5 Å². The summed E-state index contributed by atoms with van der Waals surface area (Å²) in [5, 5.41) is 20.1. The van der Waals surface area contributed by atoms with Crippen LogP contribution in [-0.2, 0) is 23.4 Å². The van der Waals surface area contributed by atoms with Crippen LogP contribution in [0.5, 0.6) is 5.88 Å². The van der Waals surface area contributed by atoms with E-state index in [0.29, 0.717) is 59.2 Å². The number of carbonyl (C=O) groups is 1. The van der Waals surface area contributed by atoms with Gasteiger partial charge in [0.2, 0.25) is 11.8 Å². The first-order valence-electron chi connectivity index (χ1n) is 12.2. The number of nitrogens with zero attached hydrogens (tertiary/aromatic N) is 5. The Kier molecular flexibility index (Phi) is 5.38. The first-order chi connectivity index (χ1) is 17.7. The van der Waals surface area contributed by atoms with Crippen molar-refractivity contribution in [3.8, 4) is 17.0 Å². The topological polar surface area (TPSA) is 105 Å². The highest BCUT2D eigenvalue weighted by atomic mass is 19.1. The fourth-order valence-electron chi connectivity index (χ4n) is 5.15. The van der Waals surface area contributed by atoms with Crippen LogP contribution < -0.4 is 10.1 Å². The van der Waals surface area contributed by atoms with Crippen molar-refractivity contribution in [1.29, 1.82) is 0 Å². The van der Waals surface area contributed by atoms with Crippen molar-refractivity contribution in [3.63, 3.8) is 0 Å². The van der Waals surface area contributed by atoms with Gasteiger partial charge in [0.05, 0.1) is 12.2 Å². The van der Waals surface area contributed by atoms with Gasteiger partial charge in [-0.3, -0.25) is 9.48 Å². The number of anilines is 2. The van der Waals surface area contributed by atoms with E-state index >= 15 is 4.39 Å². The number of amides is 1. The molecule has 4 aromatic rings. The number of pyridine rings is 2. The smallest absolute Gasteiger partial charge is 0.244 e. The van der Waals surface area contributed by atoms with Crippen LogP contribution in [-0.4, -0.2) is 55.9 Å². The summed E-state index contributed by atoms with van der Waals surface area (Å²) in [5.74, 6) is 1.16. The van der Waals surface area contributed by atoms with E-state index in [4.69, 9.17) is 4.74 Å². The van der Waals surface area contributed by atoms with Gasteiger partial charge >= 0.3 is 0 Å². The maximum Gasteiger partial charge on any atom is 0.244 e. The molecule has 0 saturated carbocycles. The van der Waals surface area contributed by atoms with E-state index in [2.05, 4.69) is 20.4 Å². The standard InChI is InChI=1S/C27H27FN6O3/c1-15-20(13-30-26-25(15)27(2,36)5-7-37-26)19-8-16-10-22(29-12-17(16)9-21(19)28)31-23-11-18-4-6-33(3)24(35)14-34(18)32-23/h8-13,36H,4-7,14H2,1-3H3,(H,29,31,32). The molecule has 0 radical (unpaired) electrons. The molecule has 37 heavy (non-hydrogen) atoms. The fourth-order valence-corrected chi connectivity index (χ4v) is 5.15. The van der Waals surface area contributed by atoms with Crippen LogP contribution in [0.1, 0.15) is 30.2 Å². The van der Waals surface area contributed by atoms with Crippen molar-refractivity contribution in [2.45, 2.75) is 38.8 Å². The number of likely N-dealkylation sites (N-methyl/N-ethyl adjacent to an activating group) is 1. The van der Waals surface area contributed by atoms with Gasteiger partial charge in [-0.05, 0) is 43.0 Å². The molecule has 1 unspecified atom stereocenters. The van der Waals surface area contributed by atoms with Crippen molar-refractivity contribution in [2.24, 2.45) is 0 Å². The van der Waals surface area contributed by atoms with Crippen LogP contribution in [0.4, 0.5) is 16.0 Å². The molecule has 2 aliphatic rings. The molecule has 2 N–H and O–H groups in total. The Morgan fingerprint density at radius 1 is 1.11 bits per heavy atom. The van der Waals surface area contributed by atoms with Gasteiger partial charge in [0, 0.05) is 72.7 Å². The predicted octanol–water partition coefficient (Wildman–Crippen LogP) is 3.69. The molecule has 3 aromatic heterocycles. The Bertz CT molecular complexity index is 1560. The maximum atomic E-state index is 15.3. The van der Waals surface area contributed by atoms with Crippen molar-refractivity contribution in [3.05, 3.63) is 59.3 Å². The van der Waals surface area contributed by atoms with E-state index in [1.54, 1.807) is 42.0 Å². The Morgan fingerprint density at radius 2 is 1.95 bits per heavy atom. The third kappa shape index (κ3) is 4.07. The SMILES string of the molecule is Cc1c(-c2cc3cc(Nc4cc5n(n4)CC(=O)N(C)CC5)ncc3cc2F)cnc2c1C(C)(O)CCO2. The fraction of sp³-hybridized carbons (Fsp3) is 0.333. The van der Waals surface area contributed by atoms with Gasteiger partial charge in [-0.2, -0.15) is 5.10 Å². The zero-order valence-corrected chi connectivity index (χ0v) is 20.9. The molecule has 1 amide bonds. The van der Waals surface area contributed by atoms with Crippen molar-refractivity contribution < 1.29 is 19.0 Å². The molecule has 190 valence electrons. The van der Waals surface area contributed by atoms with Crippen molar-refractivity contribution >= 4 is 28.3 Å². The number of aliphatic hydroxyl groups is 1. The zero-order chi connectivity index (χ0) is 25.9. The van der Waals surface area contributed by atoms with Gasteiger partial charge in [0.15, 0.2) is 5.82 Å². The summed E-state index contributed by atoms with van der Waals surface area (Å²) in [6, 6.07) is 6.98. The largest absolute Gasteiger partial charge is 0.477 e. The average Bonchev–Trinajstić information content (AvgIpc) is 3.17. The summed E-state index contributed by atoms with van der Waals surface area (Å²) in [5.41, 5.74) is 2.19. The predicted molar refractivity (Wildman–Crippen MR) is 136 cm³/mol. The van der Waals surface area contributed by atoms with Gasteiger partial charge in [-0.1, -0.05) is 0 Å². The van der Waals surface area contributed by atoms with E-state index in [0.717, 1.165) is 23.1 Å². The molecule has 10 heteroatoms. The van der Waals surface area contributed by atoms with Gasteiger partial charge < -0.3 is 20.1 Å². The Labute approximate surface area is 212 Å². The van der Waals surface area contributed by atoms with Crippen LogP contribution in [0.2, 0.25) is 0 Å². The minimum absolute atomic E-state index is 0.0202. The third-order valence-electron chi connectivity index (χ3n) is 7.30. The molecule has 0 saturated heterocycles. The number of fused-ring (bicyclic) bond motifs is 3. The molecule has 0 aliphatic carbocycles. The van der Waals surface area contributed by atoms with E-state index in [1.807, 2.05) is 19.1 Å². The second-order valence-corrected chi connectivity index (χ2v) is 9.97. The quantitative estimate of drug-likeness (QED) is 0.440. The molecule has 5 heterocycles. The van der Waals surface area contributed by atoms with Gasteiger partial charge in [-0.25, -0.2) is 14.4 Å². The first-order valence-corrected chi connectivity index (χ1v) is 12.2. The van der Waals surface area contributed by atoms with E-state index in [-0.39, 0.29) is 12.5 Å². The summed E-state index contributed by atoms with van der Waals surface area (Å²) in [6.45, 7) is 4.81. The number of benzene rings is 1. The van der Waals surface area contributed by atoms with E-state index in [1.165, 1.54) is 6.07 Å². The summed E-state index contributed by atoms with van der Waals surface area (Å²) in [7, 11) is 1.79. The normalized spacial score (nSPS) is 19.3. The van der Waals surface area contributed by atoms with Crippen LogP contribution in [0.3, 0.4) is 0 Å². The average molecular weight is 503 g/mol. The van der Waals surface area contributed by atoms with Crippen molar-refractivity contribution in [1.82, 2.24) is 24.6 Å². The third-order valence-corrected chi connectivity index (χ3v) is 7.30. The molecule has 1 aromatic carbocycles. The number of halogens is 1. The number of hydrogen-bond acceptors (Lipinski definition) is 7. The molecule has 9 nitrogen and oxygen atoms in total. The van der Waals surface area contributed by atoms with E-state index in [9.17, 15) is 9.90 Å². The van der Waals surface area contributed by atoms with Crippen LogP contribution in [0, 0.1) is 12.7 Å². The second kappa shape index (κ2) is 8.52. The highest BCUT2D eigenvalue weighted by molar-refractivity contribution is 5.89. The highest BCUT2D eigenvalue weighted by Crippen LogP contribution is 2.42. The number of carbonyl (C=O) groups excluding carboxylic acids is 1. The van der Waals surface area contributed by atoms with Crippen LogP contribution in [0.25, 0.3) is 21.9 Å². The number of rotatable bonds is 3. The molecular formula is C27H27FN6O3. The van der Waals surface area contributed by atoms with Crippen LogP contribution in [0.15, 0.2) is 36.7 Å². The monoisotopic (exact) mass is 502 g/mol. The van der Waals surface area contributed by atoms with Gasteiger partial charge in [-0.15, -0.1) is 0 Å². The zero-order valence-electron chi connectivity index (χ0n) is 20.9. The lowest BCUT2D eigenvalue weighted by Crippen LogP contribution is -2.31. The number of hydrogen-bond donors (Lipinski definition) is 2. The lowest BCUT2D eigenvalue weighted by molar-refractivity contribution is -0.130. The first kappa shape index (κ1) is 23.4. The highest BCUT2D eigenvalue weighted by Gasteiger charge is 2.35. The molecule has 2 aliphatic heterocycles. The maximum absolute atomic E-state index is 15.3. The lowest BCUT2D eigenvalue weighted by Gasteiger charge is -2.32. The number of nitrogens with one attached hydrogen (secondary N) is 1. The number of aromatic nitrogens is 4. The Morgan fingerprint density at radius 3 is 2.78 bits per heavy atom. The number of ether oxygens (including phenoxy) is 1. The Hall–Kier alpha value is -4.05. The lowest BCUT2D eigenvalue weighted by atomic mass is 9.85. The summed E-state index contributed by atoms with van der Waals surface area (Å²) in [4.78, 5) is 22.7. The van der Waals surface area contributed by atoms with E-state index < -0.39 is 11.4 Å². The molecule has 0 fully saturated rings.